The number of nitrogens with two attached hydrogens (primary N) is 1. The number of aliphatic carboxylic acids is 4. The number of hydrogen-bond donors (Lipinski definition) is 6. The van der Waals surface area contributed by atoms with Gasteiger partial charge in [-0.15, -0.1) is 0 Å². The highest BCUT2D eigenvalue weighted by molar-refractivity contribution is 5.88. The highest BCUT2D eigenvalue weighted by Gasteiger charge is 2.72. The summed E-state index contributed by atoms with van der Waals surface area (Å²) in [5.74, 6) is -3.90. The number of nitrogens with zero attached hydrogens (tertiary/aromatic N) is 4. The number of aromatic nitrogens is 4. The first-order chi connectivity index (χ1) is 30.5. The number of hydrogen-bond acceptors (Lipinski definition) is 11. The summed E-state index contributed by atoms with van der Waals surface area (Å²) in [6, 6.07) is 3.89. The Hall–Kier alpha value is -4.25. The number of ether oxygens (including phenoxy) is 2. The van der Waals surface area contributed by atoms with Gasteiger partial charge < -0.3 is 40.7 Å². The van der Waals surface area contributed by atoms with Crippen molar-refractivity contribution in [1.82, 2.24) is 19.7 Å². The summed E-state index contributed by atoms with van der Waals surface area (Å²) in [5.41, 5.74) is 4.70. The highest BCUT2D eigenvalue weighted by atomic mass is 16.5. The normalized spacial score (nSPS) is 35.4. The molecule has 16 nitrogen and oxygen atoms in total. The fourth-order valence-corrected chi connectivity index (χ4v) is 13.5. The van der Waals surface area contributed by atoms with Crippen LogP contribution in [0.4, 0.5) is 0 Å². The molecule has 4 aliphatic carbocycles. The number of allylic oxidation sites excluding steroid dienone is 1. The molecule has 66 heavy (non-hydrogen) atoms. The van der Waals surface area contributed by atoms with Gasteiger partial charge >= 0.3 is 23.9 Å². The molecule has 4 fully saturated rings. The molecule has 12 atom stereocenters. The van der Waals surface area contributed by atoms with Crippen molar-refractivity contribution in [3.8, 4) is 11.4 Å². The zero-order valence-corrected chi connectivity index (χ0v) is 40.8. The molecule has 366 valence electrons. The van der Waals surface area contributed by atoms with Gasteiger partial charge in [-0.25, -0.2) is 14.5 Å². The lowest BCUT2D eigenvalue weighted by Gasteiger charge is -2.71. The molecule has 2 aromatic rings. The first-order valence-corrected chi connectivity index (χ1v) is 23.6. The zero-order valence-electron chi connectivity index (χ0n) is 40.8. The summed E-state index contributed by atoms with van der Waals surface area (Å²) in [7, 11) is 0. The Morgan fingerprint density at radius 2 is 1.55 bits per heavy atom. The average molecular weight is 922 g/mol. The molecular formula is C50H75N5O11. The minimum atomic E-state index is -2.74. The van der Waals surface area contributed by atoms with Gasteiger partial charge in [-0.05, 0) is 103 Å². The van der Waals surface area contributed by atoms with E-state index in [4.69, 9.17) is 45.7 Å². The van der Waals surface area contributed by atoms with Crippen LogP contribution in [0.3, 0.4) is 0 Å². The first-order valence-electron chi connectivity index (χ1n) is 23.6. The average Bonchev–Trinajstić information content (AvgIpc) is 3.70. The van der Waals surface area contributed by atoms with Crippen molar-refractivity contribution in [2.24, 2.45) is 67.8 Å². The van der Waals surface area contributed by atoms with Gasteiger partial charge in [-0.1, -0.05) is 80.9 Å². The van der Waals surface area contributed by atoms with Crippen LogP contribution in [0.5, 0.6) is 0 Å². The van der Waals surface area contributed by atoms with Crippen molar-refractivity contribution in [3.05, 3.63) is 42.5 Å². The lowest BCUT2D eigenvalue weighted by Crippen LogP contribution is -2.69. The predicted molar refractivity (Wildman–Crippen MR) is 245 cm³/mol. The number of carboxylic acids is 4. The van der Waals surface area contributed by atoms with E-state index in [0.29, 0.717) is 37.6 Å². The van der Waals surface area contributed by atoms with Crippen LogP contribution >= 0.6 is 0 Å². The van der Waals surface area contributed by atoms with Crippen LogP contribution in [-0.4, -0.2) is 106 Å². The van der Waals surface area contributed by atoms with Gasteiger partial charge in [-0.2, -0.15) is 5.10 Å². The molecule has 0 spiro atoms. The molecule has 0 radical (unpaired) electrons. The second-order valence-electron chi connectivity index (χ2n) is 23.3. The predicted octanol–water partition coefficient (Wildman–Crippen LogP) is 7.37. The Balaban J connectivity index is 0.000000483. The quantitative estimate of drug-likeness (QED) is 0.107. The van der Waals surface area contributed by atoms with E-state index in [2.05, 4.69) is 91.9 Å². The lowest BCUT2D eigenvalue weighted by atomic mass is 9.34. The Morgan fingerprint density at radius 1 is 0.924 bits per heavy atom. The van der Waals surface area contributed by atoms with E-state index in [1.54, 1.807) is 6.33 Å². The van der Waals surface area contributed by atoms with Crippen molar-refractivity contribution in [2.75, 3.05) is 19.8 Å². The van der Waals surface area contributed by atoms with Crippen LogP contribution in [0.2, 0.25) is 0 Å². The number of fused-ring (bicyclic) bond motifs is 3. The lowest BCUT2D eigenvalue weighted by molar-refractivity contribution is -0.253. The highest BCUT2D eigenvalue weighted by Crippen LogP contribution is 2.75. The molecule has 7 rings (SSSR count). The van der Waals surface area contributed by atoms with Crippen molar-refractivity contribution < 1.29 is 54.2 Å². The topological polar surface area (TPSA) is 258 Å². The summed E-state index contributed by atoms with van der Waals surface area (Å²) in [6.07, 6.45) is 11.0. The molecule has 7 N–H and O–H groups in total. The van der Waals surface area contributed by atoms with Crippen molar-refractivity contribution >= 4 is 23.9 Å². The number of carboxylic acid groups (broad SMARTS) is 4. The van der Waals surface area contributed by atoms with E-state index >= 15 is 0 Å². The maximum atomic E-state index is 13.6. The Kier molecular flexibility index (Phi) is 13.7. The third kappa shape index (κ3) is 8.39. The maximum absolute atomic E-state index is 13.6. The zero-order chi connectivity index (χ0) is 49.2. The van der Waals surface area contributed by atoms with Crippen molar-refractivity contribution in [2.45, 2.75) is 151 Å². The summed E-state index contributed by atoms with van der Waals surface area (Å²) in [4.78, 5) is 53.2. The van der Waals surface area contributed by atoms with Crippen LogP contribution in [0.25, 0.3) is 11.4 Å². The molecule has 2 aromatic heterocycles. The molecule has 3 heterocycles. The molecule has 0 amide bonds. The number of carbonyl (C=O) groups is 4. The Bertz CT molecular complexity index is 2170. The molecule has 12 unspecified atom stereocenters. The van der Waals surface area contributed by atoms with E-state index in [1.807, 2.05) is 24.5 Å². The van der Waals surface area contributed by atoms with Gasteiger partial charge in [0.1, 0.15) is 6.33 Å². The van der Waals surface area contributed by atoms with Gasteiger partial charge in [0.2, 0.25) is 0 Å². The first kappa shape index (κ1) is 51.1. The smallest absolute Gasteiger partial charge is 0.336 e. The second-order valence-corrected chi connectivity index (χ2v) is 23.3. The van der Waals surface area contributed by atoms with Crippen LogP contribution in [-0.2, 0) is 28.7 Å². The second kappa shape index (κ2) is 17.7. The van der Waals surface area contributed by atoms with Crippen LogP contribution in [0, 0.1) is 62.1 Å². The van der Waals surface area contributed by atoms with Gasteiger partial charge in [0.15, 0.2) is 11.4 Å². The van der Waals surface area contributed by atoms with Gasteiger partial charge in [0.25, 0.3) is 0 Å². The van der Waals surface area contributed by atoms with E-state index in [1.165, 1.54) is 5.57 Å². The van der Waals surface area contributed by atoms with Gasteiger partial charge in [-0.3, -0.25) is 19.4 Å². The molecule has 1 aliphatic heterocycles. The van der Waals surface area contributed by atoms with Crippen LogP contribution in [0.15, 0.2) is 42.5 Å². The number of aliphatic hydroxyl groups is 1. The summed E-state index contributed by atoms with van der Waals surface area (Å²) in [5, 5.41) is 49.9. The number of pyridine rings is 1. The third-order valence-electron chi connectivity index (χ3n) is 18.5. The molecule has 3 saturated carbocycles. The van der Waals surface area contributed by atoms with E-state index in [0.717, 1.165) is 49.9 Å². The standard InChI is InChI=1S/C44H67N5O4.C6H8O7/c1-27(2)28(3)39(7)18-19-41(9)30-12-13-33-40(8)23-52-25-44(33,31(30)14-17-42(41,10)34(39)37(50)51)22-32(35(40)53-24-43(11,45)38(4,5)6)49-36(47-26-48-49)29-15-20-46-21-16-29;7-3(8)1-6(13,5(11)12)2-4(9)10/h14-16,20-21,26-28,30,32-35H,12-13,17-19,22-25,45H2,1-11H3,(H,50,51);13H,1-2H2,(H,7,8)(H,9,10)(H,11,12). The maximum Gasteiger partial charge on any atom is 0.336 e. The van der Waals surface area contributed by atoms with Gasteiger partial charge in [0.05, 0.1) is 50.7 Å². The SMILES string of the molecule is CC(C)C(C)C1(C)CCC2(C)C3CCC4C5(COCC4(C)C(OCC(C)(N)C(C)(C)C)C(n4ncnc4-c4ccncc4)C5)C3=CCC2(C)C1C(=O)O.O=C(O)CC(O)(CC(=O)O)C(=O)O. The largest absolute Gasteiger partial charge is 0.481 e. The Labute approximate surface area is 389 Å². The fraction of sp³-hybridized carbons (Fsp3) is 0.740. The number of rotatable bonds is 13. The Morgan fingerprint density at radius 3 is 2.09 bits per heavy atom. The molecule has 2 bridgehead atoms. The summed E-state index contributed by atoms with van der Waals surface area (Å²) in [6.45, 7) is 26.6. The van der Waals surface area contributed by atoms with E-state index < -0.39 is 53.8 Å². The molecular weight excluding hydrogens is 847 g/mol. The van der Waals surface area contributed by atoms with Gasteiger partial charge in [0, 0.05) is 34.3 Å². The third-order valence-corrected chi connectivity index (χ3v) is 18.5. The molecule has 0 aromatic carbocycles. The molecule has 1 saturated heterocycles. The van der Waals surface area contributed by atoms with Crippen molar-refractivity contribution in [1.29, 1.82) is 0 Å². The summed E-state index contributed by atoms with van der Waals surface area (Å²) >= 11 is 0. The van der Waals surface area contributed by atoms with E-state index in [9.17, 15) is 24.3 Å². The molecule has 16 heteroatoms. The van der Waals surface area contributed by atoms with Crippen LogP contribution in [0.1, 0.15) is 134 Å². The summed E-state index contributed by atoms with van der Waals surface area (Å²) < 4.78 is 16.1. The minimum absolute atomic E-state index is 0.115. The van der Waals surface area contributed by atoms with Crippen LogP contribution < -0.4 is 5.73 Å². The monoisotopic (exact) mass is 922 g/mol. The van der Waals surface area contributed by atoms with Crippen molar-refractivity contribution in [3.63, 3.8) is 0 Å². The minimum Gasteiger partial charge on any atom is -0.481 e. The molecule has 5 aliphatic rings. The van der Waals surface area contributed by atoms with E-state index in [-0.39, 0.29) is 50.6 Å². The fourth-order valence-electron chi connectivity index (χ4n) is 13.5.